The van der Waals surface area contributed by atoms with Crippen LogP contribution in [0.1, 0.15) is 10.4 Å². The topological polar surface area (TPSA) is 86.1 Å². The van der Waals surface area contributed by atoms with Gasteiger partial charge in [-0.05, 0) is 12.1 Å². The van der Waals surface area contributed by atoms with E-state index in [2.05, 4.69) is 20.1 Å². The number of esters is 1. The first-order valence-corrected chi connectivity index (χ1v) is 5.61. The van der Waals surface area contributed by atoms with Crippen LogP contribution in [0.15, 0.2) is 30.7 Å². The summed E-state index contributed by atoms with van der Waals surface area (Å²) in [6, 6.07) is 2.77. The third-order valence-corrected chi connectivity index (χ3v) is 2.41. The van der Waals surface area contributed by atoms with E-state index in [9.17, 15) is 14.0 Å². The fourth-order valence-corrected chi connectivity index (χ4v) is 1.47. The Morgan fingerprint density at radius 2 is 2.30 bits per heavy atom. The normalized spacial score (nSPS) is 10.1. The van der Waals surface area contributed by atoms with Crippen LogP contribution in [0, 0.1) is 5.95 Å². The van der Waals surface area contributed by atoms with Gasteiger partial charge in [-0.1, -0.05) is 0 Å². The summed E-state index contributed by atoms with van der Waals surface area (Å²) >= 11 is 0. The maximum Gasteiger partial charge on any atom is 0.327 e. The smallest absolute Gasteiger partial charge is 0.327 e. The van der Waals surface area contributed by atoms with E-state index in [-0.39, 0.29) is 12.1 Å². The molecule has 1 amide bonds. The van der Waals surface area contributed by atoms with Gasteiger partial charge >= 0.3 is 5.97 Å². The van der Waals surface area contributed by atoms with Crippen molar-refractivity contribution in [3.8, 4) is 0 Å². The number of halogens is 1. The third-order valence-electron chi connectivity index (χ3n) is 2.41. The average Bonchev–Trinajstić information content (AvgIpc) is 2.86. The van der Waals surface area contributed by atoms with Crippen molar-refractivity contribution in [3.05, 3.63) is 42.2 Å². The Morgan fingerprint density at radius 1 is 1.50 bits per heavy atom. The monoisotopic (exact) mass is 278 g/mol. The van der Waals surface area contributed by atoms with Crippen molar-refractivity contribution < 1.29 is 18.7 Å². The highest BCUT2D eigenvalue weighted by Crippen LogP contribution is 2.09. The number of carbonyl (C=O) groups is 2. The maximum atomic E-state index is 13.3. The fraction of sp³-hybridized carbons (Fsp3) is 0.167. The minimum atomic E-state index is -0.855. The molecule has 0 aliphatic carbocycles. The van der Waals surface area contributed by atoms with E-state index < -0.39 is 17.8 Å². The molecular formula is C12H11FN4O3. The Balaban J connectivity index is 2.05. The first kappa shape index (κ1) is 13.7. The summed E-state index contributed by atoms with van der Waals surface area (Å²) in [5.41, 5.74) is 0.162. The summed E-state index contributed by atoms with van der Waals surface area (Å²) in [5.74, 6) is -1.97. The lowest BCUT2D eigenvalue weighted by atomic mass is 10.2. The van der Waals surface area contributed by atoms with Crippen molar-refractivity contribution in [3.63, 3.8) is 0 Å². The number of nitrogens with one attached hydrogen (secondary N) is 1. The second kappa shape index (κ2) is 5.91. The van der Waals surface area contributed by atoms with Crippen LogP contribution < -0.4 is 5.32 Å². The van der Waals surface area contributed by atoms with E-state index in [1.165, 1.54) is 42.5 Å². The number of amides is 1. The Hall–Kier alpha value is -2.77. The molecule has 0 atom stereocenters. The van der Waals surface area contributed by atoms with Crippen LogP contribution in [-0.2, 0) is 16.1 Å². The van der Waals surface area contributed by atoms with Gasteiger partial charge in [-0.2, -0.15) is 9.49 Å². The molecule has 0 saturated heterocycles. The van der Waals surface area contributed by atoms with E-state index in [1.54, 1.807) is 0 Å². The number of nitrogens with zero attached hydrogens (tertiary/aromatic N) is 3. The molecule has 0 fully saturated rings. The second-order valence-corrected chi connectivity index (χ2v) is 3.80. The molecule has 0 saturated carbocycles. The highest BCUT2D eigenvalue weighted by molar-refractivity contribution is 6.04. The number of hydrogen-bond donors (Lipinski definition) is 1. The number of hydrogen-bond acceptors (Lipinski definition) is 5. The number of carbonyl (C=O) groups excluding carboxylic acids is 2. The predicted octanol–water partition coefficient (Wildman–Crippen LogP) is 0.843. The van der Waals surface area contributed by atoms with Gasteiger partial charge in [-0.15, -0.1) is 0 Å². The zero-order valence-corrected chi connectivity index (χ0v) is 10.5. The molecule has 2 aromatic rings. The van der Waals surface area contributed by atoms with E-state index >= 15 is 0 Å². The first-order chi connectivity index (χ1) is 9.60. The van der Waals surface area contributed by atoms with Crippen molar-refractivity contribution in [2.24, 2.45) is 0 Å². The summed E-state index contributed by atoms with van der Waals surface area (Å²) in [6.07, 6.45) is 4.03. The van der Waals surface area contributed by atoms with Crippen LogP contribution in [0.4, 0.5) is 10.1 Å². The predicted molar refractivity (Wildman–Crippen MR) is 66.4 cm³/mol. The maximum absolute atomic E-state index is 13.3. The van der Waals surface area contributed by atoms with Crippen LogP contribution in [0.5, 0.6) is 0 Å². The molecule has 8 heteroatoms. The fourth-order valence-electron chi connectivity index (χ4n) is 1.47. The van der Waals surface area contributed by atoms with Gasteiger partial charge in [0.15, 0.2) is 0 Å². The van der Waals surface area contributed by atoms with Gasteiger partial charge in [0.05, 0.1) is 24.6 Å². The van der Waals surface area contributed by atoms with Gasteiger partial charge in [0.2, 0.25) is 5.95 Å². The molecule has 0 bridgehead atoms. The zero-order valence-electron chi connectivity index (χ0n) is 10.5. The van der Waals surface area contributed by atoms with Crippen molar-refractivity contribution in [2.75, 3.05) is 12.4 Å². The zero-order chi connectivity index (χ0) is 14.5. The minimum Gasteiger partial charge on any atom is -0.468 e. The molecule has 20 heavy (non-hydrogen) atoms. The van der Waals surface area contributed by atoms with Crippen LogP contribution in [0.25, 0.3) is 0 Å². The first-order valence-electron chi connectivity index (χ1n) is 5.61. The third kappa shape index (κ3) is 3.16. The molecule has 0 unspecified atom stereocenters. The lowest BCUT2D eigenvalue weighted by Crippen LogP contribution is -2.14. The molecule has 0 aromatic carbocycles. The Kier molecular flexibility index (Phi) is 4.04. The molecule has 0 aliphatic heterocycles. The largest absolute Gasteiger partial charge is 0.468 e. The molecule has 0 aliphatic rings. The SMILES string of the molecule is COC(=O)Cn1cc(NC(=O)c2cccnc2F)cn1. The van der Waals surface area contributed by atoms with E-state index in [0.717, 1.165) is 0 Å². The number of pyridine rings is 1. The van der Waals surface area contributed by atoms with Crippen LogP contribution in [0.2, 0.25) is 0 Å². The van der Waals surface area contributed by atoms with E-state index in [4.69, 9.17) is 0 Å². The summed E-state index contributed by atoms with van der Waals surface area (Å²) in [6.45, 7) is -0.0758. The van der Waals surface area contributed by atoms with Crippen molar-refractivity contribution in [2.45, 2.75) is 6.54 Å². The minimum absolute atomic E-state index is 0.0758. The van der Waals surface area contributed by atoms with Gasteiger partial charge < -0.3 is 10.1 Å². The molecule has 2 rings (SSSR count). The quantitative estimate of drug-likeness (QED) is 0.661. The van der Waals surface area contributed by atoms with Gasteiger partial charge in [-0.3, -0.25) is 14.3 Å². The molecule has 2 aromatic heterocycles. The highest BCUT2D eigenvalue weighted by atomic mass is 19.1. The molecule has 7 nitrogen and oxygen atoms in total. The van der Waals surface area contributed by atoms with Crippen LogP contribution >= 0.6 is 0 Å². The number of ether oxygens (including phenoxy) is 1. The van der Waals surface area contributed by atoms with Crippen molar-refractivity contribution in [1.82, 2.24) is 14.8 Å². The highest BCUT2D eigenvalue weighted by Gasteiger charge is 2.13. The molecule has 1 N–H and O–H groups in total. The number of aromatic nitrogens is 3. The Morgan fingerprint density at radius 3 is 3.00 bits per heavy atom. The summed E-state index contributed by atoms with van der Waals surface area (Å²) in [5, 5.41) is 6.32. The Bertz CT molecular complexity index is 641. The van der Waals surface area contributed by atoms with Crippen molar-refractivity contribution in [1.29, 1.82) is 0 Å². The summed E-state index contributed by atoms with van der Waals surface area (Å²) < 4.78 is 19.1. The molecule has 0 spiro atoms. The number of methoxy groups -OCH3 is 1. The number of anilines is 1. The summed E-state index contributed by atoms with van der Waals surface area (Å²) in [4.78, 5) is 26.2. The lowest BCUT2D eigenvalue weighted by Gasteiger charge is -2.02. The summed E-state index contributed by atoms with van der Waals surface area (Å²) in [7, 11) is 1.26. The molecule has 0 radical (unpaired) electrons. The Labute approximate surface area is 113 Å². The molecule has 104 valence electrons. The van der Waals surface area contributed by atoms with E-state index in [0.29, 0.717) is 5.69 Å². The van der Waals surface area contributed by atoms with Gasteiger partial charge in [-0.25, -0.2) is 4.98 Å². The van der Waals surface area contributed by atoms with Crippen molar-refractivity contribution >= 4 is 17.6 Å². The van der Waals surface area contributed by atoms with Gasteiger partial charge in [0.25, 0.3) is 5.91 Å². The number of rotatable bonds is 4. The van der Waals surface area contributed by atoms with Crippen LogP contribution in [0.3, 0.4) is 0 Å². The van der Waals surface area contributed by atoms with Gasteiger partial charge in [0, 0.05) is 12.4 Å². The van der Waals surface area contributed by atoms with Gasteiger partial charge in [0.1, 0.15) is 6.54 Å². The molecule has 2 heterocycles. The standard InChI is InChI=1S/C12H11FN4O3/c1-20-10(18)7-17-6-8(5-15-17)16-12(19)9-3-2-4-14-11(9)13/h2-6H,7H2,1H3,(H,16,19). The van der Waals surface area contributed by atoms with E-state index in [1.807, 2.05) is 0 Å². The van der Waals surface area contributed by atoms with Crippen LogP contribution in [-0.4, -0.2) is 33.8 Å². The molecular weight excluding hydrogens is 267 g/mol. The average molecular weight is 278 g/mol. The lowest BCUT2D eigenvalue weighted by molar-refractivity contribution is -0.141. The second-order valence-electron chi connectivity index (χ2n) is 3.80.